The fraction of sp³-hybridized carbons (Fsp3) is 0.562. The van der Waals surface area contributed by atoms with Gasteiger partial charge >= 0.3 is 0 Å². The smallest absolute Gasteiger partial charge is 0.254 e. The number of nitrogens with zero attached hydrogens (tertiary/aromatic N) is 1. The lowest BCUT2D eigenvalue weighted by atomic mass is 9.88. The molecular weight excluding hydrogens is 255 g/mol. The highest BCUT2D eigenvalue weighted by molar-refractivity contribution is 5.95. The number of carbonyl (C=O) groups is 1. The summed E-state index contributed by atoms with van der Waals surface area (Å²) in [7, 11) is 0. The fourth-order valence-corrected chi connectivity index (χ4v) is 3.02. The van der Waals surface area contributed by atoms with E-state index in [2.05, 4.69) is 6.92 Å². The molecule has 110 valence electrons. The van der Waals surface area contributed by atoms with E-state index in [0.29, 0.717) is 23.6 Å². The Morgan fingerprint density at radius 2 is 2.25 bits per heavy atom. The molecule has 2 N–H and O–H groups in total. The van der Waals surface area contributed by atoms with Crippen LogP contribution in [0, 0.1) is 18.7 Å². The van der Waals surface area contributed by atoms with Crippen LogP contribution in [0.15, 0.2) is 18.2 Å². The molecule has 1 fully saturated rings. The molecule has 0 aromatic heterocycles. The second kappa shape index (κ2) is 6.35. The summed E-state index contributed by atoms with van der Waals surface area (Å²) >= 11 is 0. The molecule has 2 atom stereocenters. The van der Waals surface area contributed by atoms with Crippen LogP contribution in [-0.4, -0.2) is 29.9 Å². The van der Waals surface area contributed by atoms with Crippen LogP contribution in [0.4, 0.5) is 4.39 Å². The van der Waals surface area contributed by atoms with E-state index in [1.165, 1.54) is 12.1 Å². The predicted molar refractivity (Wildman–Crippen MR) is 78.0 cm³/mol. The van der Waals surface area contributed by atoms with Gasteiger partial charge in [-0.05, 0) is 49.4 Å². The summed E-state index contributed by atoms with van der Waals surface area (Å²) in [5, 5.41) is 0. The number of hydrogen-bond acceptors (Lipinski definition) is 2. The van der Waals surface area contributed by atoms with Crippen molar-refractivity contribution in [2.75, 3.05) is 13.1 Å². The zero-order valence-corrected chi connectivity index (χ0v) is 12.2. The van der Waals surface area contributed by atoms with Crippen molar-refractivity contribution in [3.63, 3.8) is 0 Å². The van der Waals surface area contributed by atoms with Gasteiger partial charge in [0.25, 0.3) is 5.91 Å². The number of halogens is 1. The molecule has 2 rings (SSSR count). The molecular formula is C16H23FN2O. The quantitative estimate of drug-likeness (QED) is 0.924. The Kier molecular flexibility index (Phi) is 4.76. The van der Waals surface area contributed by atoms with Gasteiger partial charge in [-0.2, -0.15) is 0 Å². The lowest BCUT2D eigenvalue weighted by Gasteiger charge is -2.39. The second-order valence-corrected chi connectivity index (χ2v) is 5.65. The normalized spacial score (nSPS) is 22.9. The third kappa shape index (κ3) is 3.01. The number of nitrogens with two attached hydrogens (primary N) is 1. The van der Waals surface area contributed by atoms with Gasteiger partial charge in [-0.1, -0.05) is 13.3 Å². The number of rotatable bonds is 3. The van der Waals surface area contributed by atoms with Crippen molar-refractivity contribution in [1.29, 1.82) is 0 Å². The third-order valence-electron chi connectivity index (χ3n) is 4.35. The van der Waals surface area contributed by atoms with Crippen molar-refractivity contribution in [2.24, 2.45) is 11.7 Å². The summed E-state index contributed by atoms with van der Waals surface area (Å²) in [6.45, 7) is 5.19. The predicted octanol–water partition coefficient (Wildman–Crippen LogP) is 2.72. The van der Waals surface area contributed by atoms with Crippen LogP contribution in [0.25, 0.3) is 0 Å². The third-order valence-corrected chi connectivity index (χ3v) is 4.35. The van der Waals surface area contributed by atoms with Crippen LogP contribution >= 0.6 is 0 Å². The number of likely N-dealkylation sites (tertiary alicyclic amines) is 1. The molecule has 0 bridgehead atoms. The molecule has 1 heterocycles. The number of benzene rings is 1. The minimum absolute atomic E-state index is 0.0208. The molecule has 1 aliphatic heterocycles. The maximum atomic E-state index is 13.1. The Morgan fingerprint density at radius 1 is 1.50 bits per heavy atom. The zero-order chi connectivity index (χ0) is 14.7. The average molecular weight is 278 g/mol. The highest BCUT2D eigenvalue weighted by atomic mass is 19.1. The van der Waals surface area contributed by atoms with Crippen LogP contribution in [-0.2, 0) is 0 Å². The first-order valence-corrected chi connectivity index (χ1v) is 7.34. The van der Waals surface area contributed by atoms with Gasteiger partial charge in [-0.25, -0.2) is 4.39 Å². The van der Waals surface area contributed by atoms with Crippen molar-refractivity contribution in [3.05, 3.63) is 35.1 Å². The van der Waals surface area contributed by atoms with Gasteiger partial charge in [0, 0.05) is 24.7 Å². The zero-order valence-electron chi connectivity index (χ0n) is 12.2. The Labute approximate surface area is 120 Å². The van der Waals surface area contributed by atoms with Gasteiger partial charge in [0.15, 0.2) is 0 Å². The van der Waals surface area contributed by atoms with Crippen LogP contribution in [0.2, 0.25) is 0 Å². The molecule has 0 aliphatic carbocycles. The van der Waals surface area contributed by atoms with Crippen molar-refractivity contribution < 1.29 is 9.18 Å². The van der Waals surface area contributed by atoms with Gasteiger partial charge < -0.3 is 10.6 Å². The van der Waals surface area contributed by atoms with Gasteiger partial charge in [-0.3, -0.25) is 4.79 Å². The summed E-state index contributed by atoms with van der Waals surface area (Å²) in [6.07, 6.45) is 3.13. The highest BCUT2D eigenvalue weighted by Gasteiger charge is 2.31. The van der Waals surface area contributed by atoms with Crippen LogP contribution in [0.1, 0.15) is 42.1 Å². The minimum Gasteiger partial charge on any atom is -0.334 e. The largest absolute Gasteiger partial charge is 0.334 e. The van der Waals surface area contributed by atoms with E-state index >= 15 is 0 Å². The first-order valence-electron chi connectivity index (χ1n) is 7.34. The van der Waals surface area contributed by atoms with E-state index < -0.39 is 0 Å². The number of aryl methyl sites for hydroxylation is 1. The van der Waals surface area contributed by atoms with Gasteiger partial charge in [-0.15, -0.1) is 0 Å². The highest BCUT2D eigenvalue weighted by Crippen LogP contribution is 2.27. The molecule has 1 amide bonds. The minimum atomic E-state index is -0.306. The first kappa shape index (κ1) is 15.0. The fourth-order valence-electron chi connectivity index (χ4n) is 3.02. The molecule has 1 saturated heterocycles. The molecule has 3 nitrogen and oxygen atoms in total. The lowest BCUT2D eigenvalue weighted by molar-refractivity contribution is 0.0558. The summed E-state index contributed by atoms with van der Waals surface area (Å²) in [4.78, 5) is 14.5. The van der Waals surface area contributed by atoms with Crippen LogP contribution in [0.3, 0.4) is 0 Å². The summed E-state index contributed by atoms with van der Waals surface area (Å²) in [5.41, 5.74) is 7.10. The van der Waals surface area contributed by atoms with Crippen molar-refractivity contribution in [2.45, 2.75) is 39.2 Å². The van der Waals surface area contributed by atoms with Crippen molar-refractivity contribution in [3.8, 4) is 0 Å². The topological polar surface area (TPSA) is 46.3 Å². The molecule has 20 heavy (non-hydrogen) atoms. The SMILES string of the molecule is CCC1CCN(C(=O)c2ccc(F)cc2C)C(CN)C1. The number of amides is 1. The Hall–Kier alpha value is -1.42. The first-order chi connectivity index (χ1) is 9.56. The van der Waals surface area contributed by atoms with Gasteiger partial charge in [0.1, 0.15) is 5.82 Å². The Bertz CT molecular complexity index is 489. The standard InChI is InChI=1S/C16H23FN2O/c1-3-12-6-7-19(14(9-12)10-18)16(20)15-5-4-13(17)8-11(15)2/h4-5,8,12,14H,3,6-7,9-10,18H2,1-2H3. The summed E-state index contributed by atoms with van der Waals surface area (Å²) in [6, 6.07) is 4.43. The second-order valence-electron chi connectivity index (χ2n) is 5.65. The van der Waals surface area contributed by atoms with E-state index in [9.17, 15) is 9.18 Å². The maximum absolute atomic E-state index is 13.1. The molecule has 1 aliphatic rings. The summed E-state index contributed by atoms with van der Waals surface area (Å²) < 4.78 is 13.1. The Morgan fingerprint density at radius 3 is 2.85 bits per heavy atom. The summed E-state index contributed by atoms with van der Waals surface area (Å²) in [5.74, 6) is 0.327. The molecule has 4 heteroatoms. The van der Waals surface area contributed by atoms with Crippen LogP contribution < -0.4 is 5.73 Å². The van der Waals surface area contributed by atoms with E-state index in [4.69, 9.17) is 5.73 Å². The number of piperidine rings is 1. The lowest BCUT2D eigenvalue weighted by Crippen LogP contribution is -2.49. The van der Waals surface area contributed by atoms with E-state index in [1.807, 2.05) is 4.90 Å². The molecule has 0 radical (unpaired) electrons. The number of hydrogen-bond donors (Lipinski definition) is 1. The maximum Gasteiger partial charge on any atom is 0.254 e. The average Bonchev–Trinajstić information content (AvgIpc) is 2.46. The van der Waals surface area contributed by atoms with E-state index in [-0.39, 0.29) is 17.8 Å². The number of carbonyl (C=O) groups excluding carboxylic acids is 1. The van der Waals surface area contributed by atoms with Gasteiger partial charge in [0.05, 0.1) is 0 Å². The molecule has 0 saturated carbocycles. The van der Waals surface area contributed by atoms with E-state index in [0.717, 1.165) is 25.8 Å². The van der Waals surface area contributed by atoms with Crippen LogP contribution in [0.5, 0.6) is 0 Å². The van der Waals surface area contributed by atoms with Crippen molar-refractivity contribution in [1.82, 2.24) is 4.90 Å². The molecule has 0 spiro atoms. The molecule has 1 aromatic carbocycles. The van der Waals surface area contributed by atoms with Gasteiger partial charge in [0.2, 0.25) is 0 Å². The molecule has 1 aromatic rings. The van der Waals surface area contributed by atoms with Crippen molar-refractivity contribution >= 4 is 5.91 Å². The molecule has 2 unspecified atom stereocenters. The monoisotopic (exact) mass is 278 g/mol. The Balaban J connectivity index is 2.19. The van der Waals surface area contributed by atoms with E-state index in [1.54, 1.807) is 13.0 Å².